The summed E-state index contributed by atoms with van der Waals surface area (Å²) in [6, 6.07) is 6.33. The predicted molar refractivity (Wildman–Crippen MR) is 83.9 cm³/mol. The molecular formula is C16H25N3O2. The molecule has 116 valence electrons. The molecule has 0 bridgehead atoms. The van der Waals surface area contributed by atoms with Crippen molar-refractivity contribution in [3.8, 4) is 5.75 Å². The summed E-state index contributed by atoms with van der Waals surface area (Å²) in [6.07, 6.45) is 1.33. The predicted octanol–water partition coefficient (Wildman–Crippen LogP) is 1.98. The van der Waals surface area contributed by atoms with Gasteiger partial charge in [0.2, 0.25) is 0 Å². The monoisotopic (exact) mass is 291 g/mol. The highest BCUT2D eigenvalue weighted by atomic mass is 16.5. The van der Waals surface area contributed by atoms with Crippen LogP contribution in [0.1, 0.15) is 31.4 Å². The lowest BCUT2D eigenvalue weighted by Crippen LogP contribution is -2.47. The van der Waals surface area contributed by atoms with E-state index in [9.17, 15) is 0 Å². The molecule has 2 rings (SSSR count). The van der Waals surface area contributed by atoms with Crippen LogP contribution in [-0.2, 0) is 11.3 Å². The van der Waals surface area contributed by atoms with E-state index in [0.717, 1.165) is 31.7 Å². The second-order valence-corrected chi connectivity index (χ2v) is 5.58. The van der Waals surface area contributed by atoms with Crippen molar-refractivity contribution in [2.24, 2.45) is 5.73 Å². The summed E-state index contributed by atoms with van der Waals surface area (Å²) in [4.78, 5) is 2.44. The van der Waals surface area contributed by atoms with E-state index in [1.807, 2.05) is 18.2 Å². The van der Waals surface area contributed by atoms with Gasteiger partial charge < -0.3 is 15.2 Å². The third-order valence-corrected chi connectivity index (χ3v) is 3.99. The zero-order valence-electron chi connectivity index (χ0n) is 13.1. The lowest BCUT2D eigenvalue weighted by Gasteiger charge is -2.38. The molecule has 3 N–H and O–H groups in total. The first-order valence-corrected chi connectivity index (χ1v) is 7.42. The molecule has 1 aromatic rings. The van der Waals surface area contributed by atoms with E-state index in [1.165, 1.54) is 0 Å². The molecule has 2 atom stereocenters. The van der Waals surface area contributed by atoms with Crippen molar-refractivity contribution >= 4 is 5.84 Å². The van der Waals surface area contributed by atoms with Crippen molar-refractivity contribution in [1.29, 1.82) is 5.41 Å². The zero-order chi connectivity index (χ0) is 15.4. The number of methoxy groups -OCH3 is 1. The molecule has 1 aromatic carbocycles. The fourth-order valence-corrected chi connectivity index (χ4v) is 2.78. The number of hydrogen-bond acceptors (Lipinski definition) is 4. The van der Waals surface area contributed by atoms with Gasteiger partial charge in [0, 0.05) is 19.1 Å². The maximum atomic E-state index is 7.67. The maximum Gasteiger partial charge on any atom is 0.129 e. The molecular weight excluding hydrogens is 266 g/mol. The number of ether oxygens (including phenoxy) is 2. The van der Waals surface area contributed by atoms with Crippen LogP contribution in [0.4, 0.5) is 0 Å². The van der Waals surface area contributed by atoms with Crippen LogP contribution in [-0.4, -0.2) is 43.1 Å². The van der Waals surface area contributed by atoms with Crippen LogP contribution < -0.4 is 10.5 Å². The minimum absolute atomic E-state index is 0.0380. The lowest BCUT2D eigenvalue weighted by molar-refractivity contribution is -0.0592. The van der Waals surface area contributed by atoms with Crippen molar-refractivity contribution < 1.29 is 9.47 Å². The second kappa shape index (κ2) is 6.91. The quantitative estimate of drug-likeness (QED) is 0.643. The molecule has 5 heteroatoms. The summed E-state index contributed by atoms with van der Waals surface area (Å²) in [5.41, 5.74) is 7.44. The molecule has 1 aliphatic rings. The van der Waals surface area contributed by atoms with Gasteiger partial charge in [-0.15, -0.1) is 0 Å². The van der Waals surface area contributed by atoms with E-state index in [-0.39, 0.29) is 11.9 Å². The third kappa shape index (κ3) is 3.74. The normalized spacial score (nSPS) is 23.0. The summed E-state index contributed by atoms with van der Waals surface area (Å²) in [6.45, 7) is 6.85. The molecule has 0 aliphatic carbocycles. The Morgan fingerprint density at radius 2 is 2.29 bits per heavy atom. The SMILES string of the molecule is CCC1COC(C)CN1Cc1ccc(OC)c(C(=N)N)c1. The van der Waals surface area contributed by atoms with E-state index in [4.69, 9.17) is 20.6 Å². The van der Waals surface area contributed by atoms with E-state index in [1.54, 1.807) is 7.11 Å². The van der Waals surface area contributed by atoms with Gasteiger partial charge in [0.25, 0.3) is 0 Å². The molecule has 1 saturated heterocycles. The number of rotatable bonds is 5. The number of nitrogens with zero attached hydrogens (tertiary/aromatic N) is 1. The Labute approximate surface area is 126 Å². The van der Waals surface area contributed by atoms with Gasteiger partial charge in [-0.25, -0.2) is 0 Å². The van der Waals surface area contributed by atoms with Gasteiger partial charge >= 0.3 is 0 Å². The minimum Gasteiger partial charge on any atom is -0.496 e. The first-order chi connectivity index (χ1) is 10.0. The van der Waals surface area contributed by atoms with Gasteiger partial charge in [0.05, 0.1) is 25.4 Å². The Kier molecular flexibility index (Phi) is 5.20. The van der Waals surface area contributed by atoms with Crippen molar-refractivity contribution in [2.75, 3.05) is 20.3 Å². The van der Waals surface area contributed by atoms with Crippen LogP contribution in [0.5, 0.6) is 5.75 Å². The fourth-order valence-electron chi connectivity index (χ4n) is 2.78. The molecule has 1 fully saturated rings. The van der Waals surface area contributed by atoms with Crippen LogP contribution in [0.3, 0.4) is 0 Å². The van der Waals surface area contributed by atoms with Crippen LogP contribution in [0.15, 0.2) is 18.2 Å². The maximum absolute atomic E-state index is 7.67. The van der Waals surface area contributed by atoms with Gasteiger partial charge in [-0.3, -0.25) is 10.3 Å². The van der Waals surface area contributed by atoms with E-state index in [2.05, 4.69) is 18.7 Å². The first-order valence-electron chi connectivity index (χ1n) is 7.42. The standard InChI is InChI=1S/C16H25N3O2/c1-4-13-10-21-11(2)8-19(13)9-12-5-6-15(20-3)14(7-12)16(17)18/h5-7,11,13H,4,8-10H2,1-3H3,(H3,17,18). The molecule has 5 nitrogen and oxygen atoms in total. The van der Waals surface area contributed by atoms with Crippen molar-refractivity contribution in [2.45, 2.75) is 39.0 Å². The molecule has 0 saturated carbocycles. The smallest absolute Gasteiger partial charge is 0.129 e. The molecule has 0 amide bonds. The number of morpholine rings is 1. The molecule has 1 heterocycles. The summed E-state index contributed by atoms with van der Waals surface area (Å²) in [5, 5.41) is 7.67. The largest absolute Gasteiger partial charge is 0.496 e. The molecule has 0 radical (unpaired) electrons. The lowest BCUT2D eigenvalue weighted by atomic mass is 10.1. The summed E-state index contributed by atoms with van der Waals surface area (Å²) >= 11 is 0. The minimum atomic E-state index is 0.0380. The number of benzene rings is 1. The second-order valence-electron chi connectivity index (χ2n) is 5.58. The molecule has 0 aromatic heterocycles. The highest BCUT2D eigenvalue weighted by Crippen LogP contribution is 2.22. The number of nitrogens with two attached hydrogens (primary N) is 1. The summed E-state index contributed by atoms with van der Waals surface area (Å²) < 4.78 is 11.0. The van der Waals surface area contributed by atoms with Gasteiger partial charge in [-0.1, -0.05) is 13.0 Å². The van der Waals surface area contributed by atoms with Gasteiger partial charge in [0.1, 0.15) is 11.6 Å². The van der Waals surface area contributed by atoms with Crippen LogP contribution in [0.25, 0.3) is 0 Å². The average Bonchev–Trinajstić information content (AvgIpc) is 2.47. The highest BCUT2D eigenvalue weighted by molar-refractivity contribution is 5.97. The van der Waals surface area contributed by atoms with E-state index in [0.29, 0.717) is 17.4 Å². The van der Waals surface area contributed by atoms with Gasteiger partial charge in [-0.05, 0) is 31.0 Å². The Hall–Kier alpha value is -1.59. The molecule has 21 heavy (non-hydrogen) atoms. The fraction of sp³-hybridized carbons (Fsp3) is 0.562. The number of hydrogen-bond donors (Lipinski definition) is 2. The van der Waals surface area contributed by atoms with Crippen molar-refractivity contribution in [1.82, 2.24) is 4.90 Å². The first kappa shape index (κ1) is 15.8. The molecule has 1 aliphatic heterocycles. The Morgan fingerprint density at radius 3 is 2.90 bits per heavy atom. The Balaban J connectivity index is 2.18. The number of amidine groups is 1. The topological polar surface area (TPSA) is 71.6 Å². The van der Waals surface area contributed by atoms with Crippen LogP contribution in [0.2, 0.25) is 0 Å². The van der Waals surface area contributed by atoms with E-state index >= 15 is 0 Å². The van der Waals surface area contributed by atoms with Gasteiger partial charge in [-0.2, -0.15) is 0 Å². The zero-order valence-corrected chi connectivity index (χ0v) is 13.1. The van der Waals surface area contributed by atoms with E-state index < -0.39 is 0 Å². The van der Waals surface area contributed by atoms with Crippen LogP contribution >= 0.6 is 0 Å². The average molecular weight is 291 g/mol. The van der Waals surface area contributed by atoms with Crippen molar-refractivity contribution in [3.05, 3.63) is 29.3 Å². The molecule has 0 spiro atoms. The number of nitrogens with one attached hydrogen (secondary N) is 1. The summed E-state index contributed by atoms with van der Waals surface area (Å²) in [5.74, 6) is 0.685. The van der Waals surface area contributed by atoms with Crippen molar-refractivity contribution in [3.63, 3.8) is 0 Å². The Morgan fingerprint density at radius 1 is 1.52 bits per heavy atom. The van der Waals surface area contributed by atoms with Gasteiger partial charge in [0.15, 0.2) is 0 Å². The van der Waals surface area contributed by atoms with Crippen LogP contribution in [0, 0.1) is 5.41 Å². The third-order valence-electron chi connectivity index (χ3n) is 3.99. The Bertz CT molecular complexity index is 504. The highest BCUT2D eigenvalue weighted by Gasteiger charge is 2.25. The molecule has 2 unspecified atom stereocenters. The summed E-state index contributed by atoms with van der Waals surface area (Å²) in [7, 11) is 1.60. The number of nitrogen functional groups attached to an aromatic ring is 1.